The van der Waals surface area contributed by atoms with E-state index < -0.39 is 48.3 Å². The first-order valence-electron chi connectivity index (χ1n) is 9.92. The summed E-state index contributed by atoms with van der Waals surface area (Å²) in [5.74, 6) is 0.308. The molecule has 2 aliphatic rings. The summed E-state index contributed by atoms with van der Waals surface area (Å²) in [6.07, 6.45) is -0.625. The van der Waals surface area contributed by atoms with E-state index in [0.717, 1.165) is 0 Å². The number of nitrogens with two attached hydrogens (primary N) is 2. The number of aliphatic hydroxyl groups is 4. The van der Waals surface area contributed by atoms with Crippen molar-refractivity contribution >= 4 is 34.2 Å². The van der Waals surface area contributed by atoms with Crippen LogP contribution >= 0.6 is 22.6 Å². The summed E-state index contributed by atoms with van der Waals surface area (Å²) in [6, 6.07) is 1.48. The lowest BCUT2D eigenvalue weighted by Crippen LogP contribution is -2.28. The van der Waals surface area contributed by atoms with Crippen LogP contribution in [-0.2, 0) is 9.47 Å². The molecule has 4 rings (SSSR count). The highest BCUT2D eigenvalue weighted by Gasteiger charge is 2.36. The lowest BCUT2D eigenvalue weighted by atomic mass is 10.2. The van der Waals surface area contributed by atoms with Gasteiger partial charge >= 0.3 is 11.4 Å². The minimum Gasteiger partial charge on any atom is -0.394 e. The first kappa shape index (κ1) is 25.5. The lowest BCUT2D eigenvalue weighted by Gasteiger charge is -2.14. The van der Waals surface area contributed by atoms with Crippen LogP contribution in [0.2, 0.25) is 0 Å². The molecule has 2 aromatic rings. The largest absolute Gasteiger partial charge is 0.394 e. The normalized spacial score (nSPS) is 29.0. The molecular weight excluding hydrogens is 555 g/mol. The van der Waals surface area contributed by atoms with E-state index in [0.29, 0.717) is 3.57 Å². The standard InChI is InChI=1S/C9H12IN3O4.C9H13N3O4/c10-4-2-13(9(16)12-8(4)11)7-1-5(15)6(3-14)17-7;10-7-1-2-12(9(15)11-7)8-3-5(14)6(4-13)16-8/h2,5-7,14-15H,1,3H2,(H2,11,12,16);1-2,5-6,8,13-14H,3-4H2,(H2,10,11,15)/t5-,6-,7-;5-,6-,8-/m11/s1. The Balaban J connectivity index is 0.000000186. The molecule has 2 saturated heterocycles. The molecule has 15 heteroatoms. The molecule has 2 aromatic heterocycles. The van der Waals surface area contributed by atoms with Gasteiger partial charge in [-0.1, -0.05) is 0 Å². The summed E-state index contributed by atoms with van der Waals surface area (Å²) in [5, 5.41) is 37.0. The maximum Gasteiger partial charge on any atom is 0.351 e. The van der Waals surface area contributed by atoms with Crippen molar-refractivity contribution in [3.63, 3.8) is 0 Å². The first-order valence-corrected chi connectivity index (χ1v) is 11.0. The fraction of sp³-hybridized carbons (Fsp3) is 0.556. The van der Waals surface area contributed by atoms with Gasteiger partial charge in [0, 0.05) is 25.2 Å². The van der Waals surface area contributed by atoms with Crippen molar-refractivity contribution in [3.8, 4) is 0 Å². The van der Waals surface area contributed by atoms with E-state index in [2.05, 4.69) is 9.97 Å². The predicted octanol–water partition coefficient (Wildman–Crippen LogP) is -2.46. The van der Waals surface area contributed by atoms with Crippen LogP contribution in [0.1, 0.15) is 25.3 Å². The Bertz CT molecular complexity index is 1080. The van der Waals surface area contributed by atoms with Gasteiger partial charge in [0.25, 0.3) is 0 Å². The van der Waals surface area contributed by atoms with Crippen LogP contribution in [0, 0.1) is 3.57 Å². The topological polar surface area (TPSA) is 221 Å². The van der Waals surface area contributed by atoms with E-state index in [1.165, 1.54) is 27.6 Å². The number of nitrogens with zero attached hydrogens (tertiary/aromatic N) is 4. The van der Waals surface area contributed by atoms with Crippen LogP contribution in [0.5, 0.6) is 0 Å². The number of aliphatic hydroxyl groups excluding tert-OH is 4. The number of aromatic nitrogens is 4. The van der Waals surface area contributed by atoms with Crippen LogP contribution in [0.15, 0.2) is 28.0 Å². The average molecular weight is 580 g/mol. The van der Waals surface area contributed by atoms with Gasteiger partial charge < -0.3 is 41.4 Å². The van der Waals surface area contributed by atoms with Crippen LogP contribution in [-0.4, -0.2) is 77.2 Å². The zero-order valence-corrected chi connectivity index (χ0v) is 19.4. The van der Waals surface area contributed by atoms with Gasteiger partial charge in [0.1, 0.15) is 36.3 Å². The molecule has 0 saturated carbocycles. The SMILES string of the molecule is Nc1ccn([C@H]2C[C@@H](O)[C@@H](CO)O2)c(=O)n1.Nc1nc(=O)n([C@H]2C[C@@H](O)[C@@H](CO)O2)cc1I. The second-order valence-electron chi connectivity index (χ2n) is 7.44. The smallest absolute Gasteiger partial charge is 0.351 e. The quantitative estimate of drug-likeness (QED) is 0.207. The number of nitrogen functional groups attached to an aromatic ring is 2. The molecule has 182 valence electrons. The van der Waals surface area contributed by atoms with Crippen LogP contribution in [0.3, 0.4) is 0 Å². The number of hydrogen-bond acceptors (Lipinski definition) is 12. The molecule has 14 nitrogen and oxygen atoms in total. The number of hydrogen-bond donors (Lipinski definition) is 6. The summed E-state index contributed by atoms with van der Waals surface area (Å²) >= 11 is 1.96. The summed E-state index contributed by atoms with van der Waals surface area (Å²) in [7, 11) is 0. The highest BCUT2D eigenvalue weighted by molar-refractivity contribution is 14.1. The molecule has 2 fully saturated rings. The predicted molar refractivity (Wildman–Crippen MR) is 122 cm³/mol. The van der Waals surface area contributed by atoms with Gasteiger partial charge in [0.15, 0.2) is 0 Å². The van der Waals surface area contributed by atoms with Crippen molar-refractivity contribution in [1.29, 1.82) is 0 Å². The van der Waals surface area contributed by atoms with E-state index in [4.69, 9.17) is 31.2 Å². The molecule has 6 atom stereocenters. The Morgan fingerprint density at radius 1 is 0.970 bits per heavy atom. The van der Waals surface area contributed by atoms with E-state index in [9.17, 15) is 19.8 Å². The molecule has 0 unspecified atom stereocenters. The number of halogens is 1. The zero-order valence-electron chi connectivity index (χ0n) is 17.3. The van der Waals surface area contributed by atoms with Crippen molar-refractivity contribution in [2.45, 2.75) is 49.7 Å². The third kappa shape index (κ3) is 5.86. The van der Waals surface area contributed by atoms with Crippen molar-refractivity contribution in [2.75, 3.05) is 24.7 Å². The molecule has 0 aromatic carbocycles. The molecule has 0 bridgehead atoms. The second kappa shape index (κ2) is 10.9. The van der Waals surface area contributed by atoms with E-state index in [-0.39, 0.29) is 37.7 Å². The third-order valence-corrected chi connectivity index (χ3v) is 6.01. The lowest BCUT2D eigenvalue weighted by molar-refractivity contribution is -0.0459. The van der Waals surface area contributed by atoms with E-state index >= 15 is 0 Å². The fourth-order valence-electron chi connectivity index (χ4n) is 3.41. The molecule has 0 amide bonds. The monoisotopic (exact) mass is 580 g/mol. The molecule has 2 aliphatic heterocycles. The summed E-state index contributed by atoms with van der Waals surface area (Å²) in [6.45, 7) is -0.569. The molecule has 0 aliphatic carbocycles. The van der Waals surface area contributed by atoms with E-state index in [1.807, 2.05) is 22.6 Å². The van der Waals surface area contributed by atoms with Gasteiger partial charge in [-0.2, -0.15) is 9.97 Å². The van der Waals surface area contributed by atoms with Crippen molar-refractivity contribution in [2.24, 2.45) is 0 Å². The van der Waals surface area contributed by atoms with Crippen molar-refractivity contribution in [1.82, 2.24) is 19.1 Å². The first-order chi connectivity index (χ1) is 15.6. The summed E-state index contributed by atoms with van der Waals surface area (Å²) < 4.78 is 13.8. The molecular formula is C18H25IN6O8. The molecule has 8 N–H and O–H groups in total. The van der Waals surface area contributed by atoms with Gasteiger partial charge in [-0.05, 0) is 28.7 Å². The maximum absolute atomic E-state index is 11.6. The number of anilines is 2. The van der Waals surface area contributed by atoms with Gasteiger partial charge in [-0.25, -0.2) is 9.59 Å². The Kier molecular flexibility index (Phi) is 8.38. The van der Waals surface area contributed by atoms with Gasteiger partial charge in [0.05, 0.1) is 29.0 Å². The number of rotatable bonds is 4. The number of ether oxygens (including phenoxy) is 2. The van der Waals surface area contributed by atoms with Crippen LogP contribution in [0.25, 0.3) is 0 Å². The van der Waals surface area contributed by atoms with Gasteiger partial charge in [0.2, 0.25) is 0 Å². The average Bonchev–Trinajstić information content (AvgIpc) is 3.32. The second-order valence-corrected chi connectivity index (χ2v) is 8.60. The summed E-state index contributed by atoms with van der Waals surface area (Å²) in [4.78, 5) is 30.3. The van der Waals surface area contributed by atoms with E-state index in [1.54, 1.807) is 0 Å². The molecule has 4 heterocycles. The van der Waals surface area contributed by atoms with Crippen molar-refractivity contribution in [3.05, 3.63) is 43.0 Å². The fourth-order valence-corrected chi connectivity index (χ4v) is 3.83. The van der Waals surface area contributed by atoms with Gasteiger partial charge in [-0.15, -0.1) is 0 Å². The highest BCUT2D eigenvalue weighted by Crippen LogP contribution is 2.28. The zero-order chi connectivity index (χ0) is 24.3. The van der Waals surface area contributed by atoms with Crippen molar-refractivity contribution < 1.29 is 29.9 Å². The van der Waals surface area contributed by atoms with Crippen LogP contribution in [0.4, 0.5) is 11.6 Å². The minimum atomic E-state index is -0.785. The molecule has 0 spiro atoms. The summed E-state index contributed by atoms with van der Waals surface area (Å²) in [5.41, 5.74) is 9.80. The highest BCUT2D eigenvalue weighted by atomic mass is 127. The van der Waals surface area contributed by atoms with Gasteiger partial charge in [-0.3, -0.25) is 9.13 Å². The maximum atomic E-state index is 11.6. The third-order valence-electron chi connectivity index (χ3n) is 5.17. The Morgan fingerprint density at radius 3 is 1.97 bits per heavy atom. The minimum absolute atomic E-state index is 0.138. The Morgan fingerprint density at radius 2 is 1.48 bits per heavy atom. The molecule has 33 heavy (non-hydrogen) atoms. The molecule has 0 radical (unpaired) electrons. The Hall–Kier alpha value is -2.15. The van der Waals surface area contributed by atoms with Crippen LogP contribution < -0.4 is 22.8 Å². The Labute approximate surface area is 200 Å².